The van der Waals surface area contributed by atoms with Crippen LogP contribution in [0.3, 0.4) is 0 Å². The first kappa shape index (κ1) is 13.3. The maximum Gasteiger partial charge on any atom is 0.143 e. The molecule has 0 aliphatic carbocycles. The topological polar surface area (TPSA) is 106 Å². The number of aromatic amines is 1. The molecule has 1 aromatic carbocycles. The number of rotatable bonds is 2. The molecule has 114 valence electrons. The fourth-order valence-electron chi connectivity index (χ4n) is 2.54. The standard InChI is InChI=1S/C16H14N6O/c1-22-8-10(7-19-22)9-5-11(15(17)18-6-9)16-20-12-3-2-4-13(23)14(12)21-16/h2-8,23H,1H3,(H2,17,18)(H,20,21). The van der Waals surface area contributed by atoms with Crippen LogP contribution in [0.2, 0.25) is 0 Å². The lowest BCUT2D eigenvalue weighted by Gasteiger charge is -2.04. The molecular formula is C16H14N6O. The summed E-state index contributed by atoms with van der Waals surface area (Å²) in [6.07, 6.45) is 5.37. The largest absolute Gasteiger partial charge is 0.506 e. The number of aromatic nitrogens is 5. The summed E-state index contributed by atoms with van der Waals surface area (Å²) < 4.78 is 1.73. The predicted molar refractivity (Wildman–Crippen MR) is 87.6 cm³/mol. The molecule has 4 N–H and O–H groups in total. The number of imidazole rings is 1. The van der Waals surface area contributed by atoms with Gasteiger partial charge in [0.05, 0.1) is 17.3 Å². The Kier molecular flexibility index (Phi) is 2.80. The number of fused-ring (bicyclic) bond motifs is 1. The summed E-state index contributed by atoms with van der Waals surface area (Å²) in [5.74, 6) is 1.06. The average Bonchev–Trinajstić information content (AvgIpc) is 3.15. The van der Waals surface area contributed by atoms with Crippen molar-refractivity contribution in [3.63, 3.8) is 0 Å². The Bertz CT molecular complexity index is 1020. The number of phenolic OH excluding ortho intramolecular Hbond substituents is 1. The third kappa shape index (κ3) is 2.18. The lowest BCUT2D eigenvalue weighted by molar-refractivity contribution is 0.480. The molecule has 0 aliphatic rings. The van der Waals surface area contributed by atoms with Gasteiger partial charge < -0.3 is 15.8 Å². The fraction of sp³-hybridized carbons (Fsp3) is 0.0625. The van der Waals surface area contributed by atoms with Crippen LogP contribution in [0.4, 0.5) is 5.82 Å². The quantitative estimate of drug-likeness (QED) is 0.527. The molecule has 0 saturated heterocycles. The zero-order valence-corrected chi connectivity index (χ0v) is 12.4. The first-order valence-electron chi connectivity index (χ1n) is 7.04. The highest BCUT2D eigenvalue weighted by Crippen LogP contribution is 2.31. The second kappa shape index (κ2) is 4.84. The molecule has 0 bridgehead atoms. The second-order valence-electron chi connectivity index (χ2n) is 5.32. The number of hydrogen-bond acceptors (Lipinski definition) is 5. The number of pyridine rings is 1. The first-order valence-corrected chi connectivity index (χ1v) is 7.04. The smallest absolute Gasteiger partial charge is 0.143 e. The molecule has 7 heteroatoms. The first-order chi connectivity index (χ1) is 11.1. The van der Waals surface area contributed by atoms with Gasteiger partial charge in [-0.25, -0.2) is 9.97 Å². The van der Waals surface area contributed by atoms with Gasteiger partial charge in [-0.2, -0.15) is 5.10 Å². The molecule has 0 radical (unpaired) electrons. The molecular weight excluding hydrogens is 292 g/mol. The Morgan fingerprint density at radius 1 is 1.22 bits per heavy atom. The number of para-hydroxylation sites is 1. The van der Waals surface area contributed by atoms with E-state index in [0.29, 0.717) is 22.7 Å². The third-order valence-electron chi connectivity index (χ3n) is 3.70. The van der Waals surface area contributed by atoms with Crippen molar-refractivity contribution in [2.75, 3.05) is 5.73 Å². The van der Waals surface area contributed by atoms with E-state index in [4.69, 9.17) is 5.73 Å². The molecule has 0 fully saturated rings. The number of aryl methyl sites for hydroxylation is 1. The van der Waals surface area contributed by atoms with Gasteiger partial charge in [0.25, 0.3) is 0 Å². The van der Waals surface area contributed by atoms with Crippen LogP contribution in [-0.2, 0) is 7.05 Å². The number of nitrogens with zero attached hydrogens (tertiary/aromatic N) is 4. The number of hydrogen-bond donors (Lipinski definition) is 3. The molecule has 0 atom stereocenters. The van der Waals surface area contributed by atoms with E-state index in [9.17, 15) is 5.11 Å². The Morgan fingerprint density at radius 3 is 2.83 bits per heavy atom. The van der Waals surface area contributed by atoms with Crippen LogP contribution < -0.4 is 5.73 Å². The van der Waals surface area contributed by atoms with Crippen molar-refractivity contribution in [3.05, 3.63) is 42.9 Å². The minimum atomic E-state index is 0.125. The summed E-state index contributed by atoms with van der Waals surface area (Å²) in [6.45, 7) is 0. The minimum Gasteiger partial charge on any atom is -0.506 e. The van der Waals surface area contributed by atoms with E-state index < -0.39 is 0 Å². The van der Waals surface area contributed by atoms with Gasteiger partial charge in [-0.1, -0.05) is 6.07 Å². The van der Waals surface area contributed by atoms with Crippen LogP contribution in [0.25, 0.3) is 33.5 Å². The van der Waals surface area contributed by atoms with Gasteiger partial charge in [0.15, 0.2) is 0 Å². The van der Waals surface area contributed by atoms with Crippen LogP contribution in [0, 0.1) is 0 Å². The summed E-state index contributed by atoms with van der Waals surface area (Å²) in [5, 5.41) is 14.1. The fourth-order valence-corrected chi connectivity index (χ4v) is 2.54. The number of H-pyrrole nitrogens is 1. The molecule has 7 nitrogen and oxygen atoms in total. The zero-order chi connectivity index (χ0) is 16.0. The van der Waals surface area contributed by atoms with Crippen molar-refractivity contribution >= 4 is 16.9 Å². The van der Waals surface area contributed by atoms with Gasteiger partial charge in [0.1, 0.15) is 22.9 Å². The Hall–Kier alpha value is -3.35. The van der Waals surface area contributed by atoms with E-state index in [0.717, 1.165) is 16.6 Å². The van der Waals surface area contributed by atoms with E-state index in [-0.39, 0.29) is 5.75 Å². The van der Waals surface area contributed by atoms with E-state index >= 15 is 0 Å². The second-order valence-corrected chi connectivity index (χ2v) is 5.32. The molecule has 23 heavy (non-hydrogen) atoms. The molecule has 0 spiro atoms. The summed E-state index contributed by atoms with van der Waals surface area (Å²) in [5.41, 5.74) is 9.78. The Labute approximate surface area is 131 Å². The van der Waals surface area contributed by atoms with Gasteiger partial charge in [0.2, 0.25) is 0 Å². The number of nitrogens with one attached hydrogen (secondary N) is 1. The van der Waals surface area contributed by atoms with Gasteiger partial charge in [-0.3, -0.25) is 4.68 Å². The highest BCUT2D eigenvalue weighted by Gasteiger charge is 2.13. The summed E-state index contributed by atoms with van der Waals surface area (Å²) in [7, 11) is 1.86. The normalized spacial score (nSPS) is 11.2. The lowest BCUT2D eigenvalue weighted by atomic mass is 10.1. The van der Waals surface area contributed by atoms with Gasteiger partial charge in [-0.05, 0) is 18.2 Å². The Morgan fingerprint density at radius 2 is 2.09 bits per heavy atom. The van der Waals surface area contributed by atoms with Crippen molar-refractivity contribution < 1.29 is 5.11 Å². The van der Waals surface area contributed by atoms with Crippen LogP contribution in [0.1, 0.15) is 0 Å². The van der Waals surface area contributed by atoms with Gasteiger partial charge in [0, 0.05) is 30.6 Å². The van der Waals surface area contributed by atoms with Gasteiger partial charge >= 0.3 is 0 Å². The molecule has 0 amide bonds. The Balaban J connectivity index is 1.88. The molecule has 3 heterocycles. The van der Waals surface area contributed by atoms with Crippen LogP contribution in [-0.4, -0.2) is 29.8 Å². The SMILES string of the molecule is Cn1cc(-c2cnc(N)c(-c3nc4c(O)cccc4[nH]3)c2)cn1. The molecule has 0 aliphatic heterocycles. The summed E-state index contributed by atoms with van der Waals surface area (Å²) in [4.78, 5) is 11.9. The molecule has 4 aromatic rings. The van der Waals surface area contributed by atoms with E-state index in [1.807, 2.05) is 25.4 Å². The van der Waals surface area contributed by atoms with Crippen LogP contribution in [0.5, 0.6) is 5.75 Å². The predicted octanol–water partition coefficient (Wildman–Crippen LogP) is 2.31. The van der Waals surface area contributed by atoms with Gasteiger partial charge in [-0.15, -0.1) is 0 Å². The number of nitrogen functional groups attached to an aromatic ring is 1. The molecule has 0 saturated carbocycles. The zero-order valence-electron chi connectivity index (χ0n) is 12.4. The number of nitrogens with two attached hydrogens (primary N) is 1. The minimum absolute atomic E-state index is 0.125. The van der Waals surface area contributed by atoms with Crippen molar-refractivity contribution in [3.8, 4) is 28.3 Å². The van der Waals surface area contributed by atoms with Crippen molar-refractivity contribution in [2.24, 2.45) is 7.05 Å². The average molecular weight is 306 g/mol. The number of benzene rings is 1. The van der Waals surface area contributed by atoms with Crippen molar-refractivity contribution in [1.29, 1.82) is 0 Å². The van der Waals surface area contributed by atoms with E-state index in [2.05, 4.69) is 20.1 Å². The highest BCUT2D eigenvalue weighted by molar-refractivity contribution is 5.86. The number of aromatic hydroxyl groups is 1. The third-order valence-corrected chi connectivity index (χ3v) is 3.70. The summed E-state index contributed by atoms with van der Waals surface area (Å²) in [6, 6.07) is 7.11. The lowest BCUT2D eigenvalue weighted by Crippen LogP contribution is -1.95. The van der Waals surface area contributed by atoms with Crippen molar-refractivity contribution in [1.82, 2.24) is 24.7 Å². The van der Waals surface area contributed by atoms with Crippen molar-refractivity contribution in [2.45, 2.75) is 0 Å². The van der Waals surface area contributed by atoms with Crippen LogP contribution in [0.15, 0.2) is 42.9 Å². The maximum absolute atomic E-state index is 9.90. The summed E-state index contributed by atoms with van der Waals surface area (Å²) >= 11 is 0. The maximum atomic E-state index is 9.90. The van der Waals surface area contributed by atoms with Crippen LogP contribution >= 0.6 is 0 Å². The monoisotopic (exact) mass is 306 g/mol. The number of phenols is 1. The highest BCUT2D eigenvalue weighted by atomic mass is 16.3. The molecule has 4 rings (SSSR count). The van der Waals surface area contributed by atoms with E-state index in [1.165, 1.54) is 0 Å². The van der Waals surface area contributed by atoms with E-state index in [1.54, 1.807) is 29.2 Å². The number of anilines is 1. The molecule has 3 aromatic heterocycles. The molecule has 0 unspecified atom stereocenters.